The zero-order chi connectivity index (χ0) is 13.2. The zero-order valence-corrected chi connectivity index (χ0v) is 11.6. The molecule has 19 heavy (non-hydrogen) atoms. The van der Waals surface area contributed by atoms with Gasteiger partial charge in [-0.2, -0.15) is 0 Å². The molecule has 2 fully saturated rings. The lowest BCUT2D eigenvalue weighted by atomic mass is 9.89. The van der Waals surface area contributed by atoms with Gasteiger partial charge in [0.2, 0.25) is 0 Å². The van der Waals surface area contributed by atoms with E-state index < -0.39 is 0 Å². The molecule has 2 unspecified atom stereocenters. The fourth-order valence-electron chi connectivity index (χ4n) is 2.72. The van der Waals surface area contributed by atoms with E-state index in [1.807, 2.05) is 0 Å². The number of rotatable bonds is 4. The quantitative estimate of drug-likeness (QED) is 0.910. The molecule has 1 saturated heterocycles. The minimum Gasteiger partial charge on any atom is -0.373 e. The van der Waals surface area contributed by atoms with Gasteiger partial charge < -0.3 is 10.1 Å². The van der Waals surface area contributed by atoms with Crippen molar-refractivity contribution in [3.05, 3.63) is 34.6 Å². The van der Waals surface area contributed by atoms with Gasteiger partial charge in [0.25, 0.3) is 0 Å². The first-order valence-electron chi connectivity index (χ1n) is 7.04. The molecule has 1 N–H and O–H groups in total. The van der Waals surface area contributed by atoms with Crippen LogP contribution in [-0.2, 0) is 4.74 Å². The molecule has 1 saturated carbocycles. The summed E-state index contributed by atoms with van der Waals surface area (Å²) in [4.78, 5) is 0. The molecule has 0 radical (unpaired) electrons. The first-order valence-corrected chi connectivity index (χ1v) is 7.42. The highest BCUT2D eigenvalue weighted by molar-refractivity contribution is 6.30. The van der Waals surface area contributed by atoms with E-state index in [1.54, 1.807) is 12.1 Å². The SMILES string of the molecule is Fc1ccc(C2OCCCC2CNC2CC2)cc1Cl. The number of halogens is 2. The summed E-state index contributed by atoms with van der Waals surface area (Å²) in [5.74, 6) is 0.0877. The van der Waals surface area contributed by atoms with Gasteiger partial charge in [-0.15, -0.1) is 0 Å². The second-order valence-electron chi connectivity index (χ2n) is 5.55. The standard InChI is InChI=1S/C15H19ClFNO/c16-13-8-10(3-6-14(13)17)15-11(2-1-7-19-15)9-18-12-4-5-12/h3,6,8,11-12,15,18H,1-2,4-5,7,9H2. The average molecular weight is 284 g/mol. The Morgan fingerprint density at radius 2 is 2.16 bits per heavy atom. The van der Waals surface area contributed by atoms with E-state index in [1.165, 1.54) is 18.9 Å². The highest BCUT2D eigenvalue weighted by Gasteiger charge is 2.30. The van der Waals surface area contributed by atoms with E-state index in [0.717, 1.165) is 31.6 Å². The van der Waals surface area contributed by atoms with Crippen molar-refractivity contribution < 1.29 is 9.13 Å². The number of benzene rings is 1. The van der Waals surface area contributed by atoms with Crippen LogP contribution in [0, 0.1) is 11.7 Å². The average Bonchev–Trinajstić information content (AvgIpc) is 3.24. The van der Waals surface area contributed by atoms with Crippen molar-refractivity contribution in [3.63, 3.8) is 0 Å². The second-order valence-corrected chi connectivity index (χ2v) is 5.96. The Morgan fingerprint density at radius 3 is 2.89 bits per heavy atom. The first kappa shape index (κ1) is 13.3. The second kappa shape index (κ2) is 5.78. The highest BCUT2D eigenvalue weighted by Crippen LogP contribution is 2.35. The number of hydrogen-bond donors (Lipinski definition) is 1. The van der Waals surface area contributed by atoms with Crippen LogP contribution in [-0.4, -0.2) is 19.2 Å². The summed E-state index contributed by atoms with van der Waals surface area (Å²) in [7, 11) is 0. The first-order chi connectivity index (χ1) is 9.24. The van der Waals surface area contributed by atoms with Gasteiger partial charge in [-0.3, -0.25) is 0 Å². The van der Waals surface area contributed by atoms with Crippen molar-refractivity contribution in [3.8, 4) is 0 Å². The third-order valence-electron chi connectivity index (χ3n) is 3.96. The number of nitrogens with one attached hydrogen (secondary N) is 1. The molecule has 1 aliphatic heterocycles. The topological polar surface area (TPSA) is 21.3 Å². The Kier molecular flexibility index (Phi) is 4.06. The van der Waals surface area contributed by atoms with Crippen LogP contribution in [0.3, 0.4) is 0 Å². The molecular formula is C15H19ClFNO. The lowest BCUT2D eigenvalue weighted by molar-refractivity contribution is -0.0278. The predicted molar refractivity (Wildman–Crippen MR) is 73.9 cm³/mol. The molecule has 0 aromatic heterocycles. The van der Waals surface area contributed by atoms with Crippen molar-refractivity contribution in [2.75, 3.05) is 13.2 Å². The monoisotopic (exact) mass is 283 g/mol. The van der Waals surface area contributed by atoms with Crippen LogP contribution in [0.2, 0.25) is 5.02 Å². The van der Waals surface area contributed by atoms with Crippen molar-refractivity contribution in [2.45, 2.75) is 37.8 Å². The maximum atomic E-state index is 13.2. The van der Waals surface area contributed by atoms with Gasteiger partial charge in [-0.1, -0.05) is 17.7 Å². The van der Waals surface area contributed by atoms with E-state index >= 15 is 0 Å². The van der Waals surface area contributed by atoms with Crippen molar-refractivity contribution in [2.24, 2.45) is 5.92 Å². The third kappa shape index (κ3) is 3.28. The molecule has 0 amide bonds. The summed E-state index contributed by atoms with van der Waals surface area (Å²) in [6.07, 6.45) is 4.88. The smallest absolute Gasteiger partial charge is 0.141 e. The fraction of sp³-hybridized carbons (Fsp3) is 0.600. The highest BCUT2D eigenvalue weighted by atomic mass is 35.5. The molecule has 1 heterocycles. The van der Waals surface area contributed by atoms with Gasteiger partial charge in [-0.05, 0) is 43.4 Å². The Morgan fingerprint density at radius 1 is 1.32 bits per heavy atom. The van der Waals surface area contributed by atoms with Gasteiger partial charge in [0.15, 0.2) is 0 Å². The molecule has 104 valence electrons. The molecule has 2 nitrogen and oxygen atoms in total. The van der Waals surface area contributed by atoms with E-state index in [9.17, 15) is 4.39 Å². The normalized spacial score (nSPS) is 27.5. The minimum atomic E-state index is -0.367. The van der Waals surface area contributed by atoms with Crippen LogP contribution < -0.4 is 5.32 Å². The van der Waals surface area contributed by atoms with E-state index in [4.69, 9.17) is 16.3 Å². The van der Waals surface area contributed by atoms with Gasteiger partial charge >= 0.3 is 0 Å². The summed E-state index contributed by atoms with van der Waals surface area (Å²) in [5, 5.41) is 3.75. The lowest BCUT2D eigenvalue weighted by Gasteiger charge is -2.32. The van der Waals surface area contributed by atoms with Gasteiger partial charge in [0.1, 0.15) is 5.82 Å². The van der Waals surface area contributed by atoms with Crippen LogP contribution in [0.1, 0.15) is 37.4 Å². The Bertz CT molecular complexity index is 450. The lowest BCUT2D eigenvalue weighted by Crippen LogP contribution is -2.32. The molecule has 0 bridgehead atoms. The molecule has 2 atom stereocenters. The maximum absolute atomic E-state index is 13.2. The fourth-order valence-corrected chi connectivity index (χ4v) is 2.90. The molecule has 0 spiro atoms. The minimum absolute atomic E-state index is 0.0399. The van der Waals surface area contributed by atoms with E-state index in [2.05, 4.69) is 5.32 Å². The van der Waals surface area contributed by atoms with Gasteiger partial charge in [-0.25, -0.2) is 4.39 Å². The molecule has 1 aromatic carbocycles. The van der Waals surface area contributed by atoms with Gasteiger partial charge in [0, 0.05) is 25.1 Å². The van der Waals surface area contributed by atoms with Crippen LogP contribution in [0.25, 0.3) is 0 Å². The Labute approximate surface area is 118 Å². The summed E-state index contributed by atoms with van der Waals surface area (Å²) >= 11 is 5.87. The number of hydrogen-bond acceptors (Lipinski definition) is 2. The predicted octanol–water partition coefficient (Wildman–Crippen LogP) is 3.70. The van der Waals surface area contributed by atoms with Crippen LogP contribution >= 0.6 is 11.6 Å². The molecular weight excluding hydrogens is 265 g/mol. The zero-order valence-electron chi connectivity index (χ0n) is 10.9. The van der Waals surface area contributed by atoms with E-state index in [-0.39, 0.29) is 16.9 Å². The Hall–Kier alpha value is -0.640. The summed E-state index contributed by atoms with van der Waals surface area (Å²) in [6, 6.07) is 5.64. The number of ether oxygens (including phenoxy) is 1. The Balaban J connectivity index is 1.72. The van der Waals surface area contributed by atoms with Crippen molar-refractivity contribution in [1.29, 1.82) is 0 Å². The third-order valence-corrected chi connectivity index (χ3v) is 4.25. The van der Waals surface area contributed by atoms with Crippen molar-refractivity contribution in [1.82, 2.24) is 5.32 Å². The van der Waals surface area contributed by atoms with Crippen LogP contribution in [0.5, 0.6) is 0 Å². The summed E-state index contributed by atoms with van der Waals surface area (Å²) < 4.78 is 19.1. The van der Waals surface area contributed by atoms with E-state index in [0.29, 0.717) is 12.0 Å². The molecule has 2 aliphatic rings. The maximum Gasteiger partial charge on any atom is 0.141 e. The molecule has 1 aliphatic carbocycles. The van der Waals surface area contributed by atoms with Crippen molar-refractivity contribution >= 4 is 11.6 Å². The summed E-state index contributed by atoms with van der Waals surface area (Å²) in [6.45, 7) is 1.75. The van der Waals surface area contributed by atoms with Gasteiger partial charge in [0.05, 0.1) is 11.1 Å². The molecule has 4 heteroatoms. The summed E-state index contributed by atoms with van der Waals surface area (Å²) in [5.41, 5.74) is 0.994. The molecule has 3 rings (SSSR count). The largest absolute Gasteiger partial charge is 0.373 e. The van der Waals surface area contributed by atoms with Crippen LogP contribution in [0.15, 0.2) is 18.2 Å². The molecule has 1 aromatic rings. The van der Waals surface area contributed by atoms with Crippen LogP contribution in [0.4, 0.5) is 4.39 Å².